The number of ether oxygens (including phenoxy) is 1. The fourth-order valence-corrected chi connectivity index (χ4v) is 2.56. The van der Waals surface area contributed by atoms with Gasteiger partial charge in [0.05, 0.1) is 12.1 Å². The van der Waals surface area contributed by atoms with Crippen LogP contribution in [-0.2, 0) is 0 Å². The third-order valence-corrected chi connectivity index (χ3v) is 3.66. The molecule has 23 heavy (non-hydrogen) atoms. The van der Waals surface area contributed by atoms with Crippen molar-refractivity contribution in [1.82, 2.24) is 14.9 Å². The summed E-state index contributed by atoms with van der Waals surface area (Å²) in [6, 6.07) is 6.72. The highest BCUT2D eigenvalue weighted by Crippen LogP contribution is 2.20. The number of primary amides is 1. The van der Waals surface area contributed by atoms with E-state index in [-0.39, 0.29) is 23.3 Å². The van der Waals surface area contributed by atoms with Crippen molar-refractivity contribution in [3.63, 3.8) is 0 Å². The summed E-state index contributed by atoms with van der Waals surface area (Å²) in [5.74, 6) is -0.246. The van der Waals surface area contributed by atoms with Crippen LogP contribution < -0.4 is 10.5 Å². The van der Waals surface area contributed by atoms with E-state index in [0.717, 1.165) is 12.2 Å². The first-order valence-electron chi connectivity index (χ1n) is 7.26. The molecule has 0 aromatic carbocycles. The van der Waals surface area contributed by atoms with Crippen molar-refractivity contribution in [2.75, 3.05) is 13.1 Å². The monoisotopic (exact) mass is 312 g/mol. The van der Waals surface area contributed by atoms with Gasteiger partial charge in [0.2, 0.25) is 0 Å². The van der Waals surface area contributed by atoms with Gasteiger partial charge < -0.3 is 15.4 Å². The summed E-state index contributed by atoms with van der Waals surface area (Å²) in [6.07, 6.45) is 5.38. The number of nitrogens with two attached hydrogens (primary N) is 1. The maximum absolute atomic E-state index is 12.6. The summed E-state index contributed by atoms with van der Waals surface area (Å²) in [5, 5.41) is 0. The number of hydrogen-bond donors (Lipinski definition) is 1. The SMILES string of the molecule is NC(=O)c1ncccc1C(=O)N1CC[C@@H](Oc2ccncc2)C1. The van der Waals surface area contributed by atoms with Crippen LogP contribution >= 0.6 is 0 Å². The Hall–Kier alpha value is -2.96. The standard InChI is InChI=1S/C16H16N4O3/c17-15(21)14-13(2-1-6-19-14)16(22)20-9-5-12(10-20)23-11-3-7-18-8-4-11/h1-4,6-8,12H,5,9-10H2,(H2,17,21)/t12-/m1/s1. The van der Waals surface area contributed by atoms with Gasteiger partial charge in [-0.2, -0.15) is 0 Å². The zero-order valence-corrected chi connectivity index (χ0v) is 12.4. The van der Waals surface area contributed by atoms with E-state index < -0.39 is 5.91 Å². The molecule has 0 saturated carbocycles. The molecule has 1 aliphatic heterocycles. The van der Waals surface area contributed by atoms with Crippen LogP contribution in [0.3, 0.4) is 0 Å². The van der Waals surface area contributed by atoms with Crippen molar-refractivity contribution >= 4 is 11.8 Å². The number of hydrogen-bond acceptors (Lipinski definition) is 5. The molecule has 118 valence electrons. The quantitative estimate of drug-likeness (QED) is 0.903. The smallest absolute Gasteiger partial charge is 0.268 e. The lowest BCUT2D eigenvalue weighted by molar-refractivity contribution is 0.0766. The number of carbonyl (C=O) groups excluding carboxylic acids is 2. The molecule has 1 aliphatic rings. The average Bonchev–Trinajstić information content (AvgIpc) is 3.03. The van der Waals surface area contributed by atoms with Gasteiger partial charge in [-0.25, -0.2) is 0 Å². The van der Waals surface area contributed by atoms with Crippen molar-refractivity contribution in [1.29, 1.82) is 0 Å². The van der Waals surface area contributed by atoms with E-state index in [1.165, 1.54) is 6.20 Å². The minimum absolute atomic E-state index is 0.00370. The summed E-state index contributed by atoms with van der Waals surface area (Å²) in [7, 11) is 0. The molecular weight excluding hydrogens is 296 g/mol. The first-order valence-corrected chi connectivity index (χ1v) is 7.26. The van der Waals surface area contributed by atoms with Gasteiger partial charge in [0, 0.05) is 31.6 Å². The van der Waals surface area contributed by atoms with Crippen LogP contribution in [0.15, 0.2) is 42.9 Å². The van der Waals surface area contributed by atoms with E-state index in [9.17, 15) is 9.59 Å². The summed E-state index contributed by atoms with van der Waals surface area (Å²) in [4.78, 5) is 33.5. The number of amides is 2. The lowest BCUT2D eigenvalue weighted by Gasteiger charge is -2.18. The topological polar surface area (TPSA) is 98.4 Å². The molecule has 3 rings (SSSR count). The second-order valence-electron chi connectivity index (χ2n) is 5.23. The Balaban J connectivity index is 1.69. The summed E-state index contributed by atoms with van der Waals surface area (Å²) in [6.45, 7) is 1.01. The van der Waals surface area contributed by atoms with Gasteiger partial charge in [-0.1, -0.05) is 0 Å². The molecule has 1 saturated heterocycles. The lowest BCUT2D eigenvalue weighted by Crippen LogP contribution is -2.33. The summed E-state index contributed by atoms with van der Waals surface area (Å²) < 4.78 is 5.83. The zero-order chi connectivity index (χ0) is 16.2. The Morgan fingerprint density at radius 2 is 2.00 bits per heavy atom. The predicted molar refractivity (Wildman–Crippen MR) is 81.9 cm³/mol. The van der Waals surface area contributed by atoms with Crippen LogP contribution in [0.5, 0.6) is 5.75 Å². The van der Waals surface area contributed by atoms with E-state index in [0.29, 0.717) is 13.1 Å². The molecule has 0 spiro atoms. The molecule has 2 aromatic rings. The highest BCUT2D eigenvalue weighted by Gasteiger charge is 2.30. The van der Waals surface area contributed by atoms with Gasteiger partial charge in [0.1, 0.15) is 17.5 Å². The van der Waals surface area contributed by atoms with E-state index in [4.69, 9.17) is 10.5 Å². The molecule has 0 unspecified atom stereocenters. The van der Waals surface area contributed by atoms with E-state index in [1.807, 2.05) is 0 Å². The Morgan fingerprint density at radius 3 is 2.74 bits per heavy atom. The minimum atomic E-state index is -0.710. The normalized spacial score (nSPS) is 17.0. The molecule has 3 heterocycles. The molecule has 0 bridgehead atoms. The first-order chi connectivity index (χ1) is 11.1. The molecule has 7 heteroatoms. The summed E-state index contributed by atoms with van der Waals surface area (Å²) in [5.41, 5.74) is 5.50. The molecule has 7 nitrogen and oxygen atoms in total. The van der Waals surface area contributed by atoms with Crippen molar-refractivity contribution in [3.05, 3.63) is 54.1 Å². The van der Waals surface area contributed by atoms with Gasteiger partial charge in [-0.05, 0) is 24.3 Å². The molecule has 2 aromatic heterocycles. The van der Waals surface area contributed by atoms with Crippen molar-refractivity contribution in [2.24, 2.45) is 5.73 Å². The maximum Gasteiger partial charge on any atom is 0.268 e. The number of likely N-dealkylation sites (tertiary alicyclic amines) is 1. The number of pyridine rings is 2. The lowest BCUT2D eigenvalue weighted by atomic mass is 10.1. The molecule has 1 atom stereocenters. The molecule has 0 aliphatic carbocycles. The van der Waals surface area contributed by atoms with Crippen LogP contribution in [0.1, 0.15) is 27.3 Å². The fourth-order valence-electron chi connectivity index (χ4n) is 2.56. The summed E-state index contributed by atoms with van der Waals surface area (Å²) >= 11 is 0. The highest BCUT2D eigenvalue weighted by molar-refractivity contribution is 6.05. The third-order valence-electron chi connectivity index (χ3n) is 3.66. The van der Waals surface area contributed by atoms with Crippen LogP contribution in [0, 0.1) is 0 Å². The minimum Gasteiger partial charge on any atom is -0.488 e. The highest BCUT2D eigenvalue weighted by atomic mass is 16.5. The van der Waals surface area contributed by atoms with E-state index in [1.54, 1.807) is 41.6 Å². The molecule has 2 N–H and O–H groups in total. The Bertz CT molecular complexity index is 720. The number of rotatable bonds is 4. The molecule has 2 amide bonds. The average molecular weight is 312 g/mol. The van der Waals surface area contributed by atoms with Gasteiger partial charge in [0.15, 0.2) is 0 Å². The predicted octanol–water partition coefficient (Wildman–Crippen LogP) is 0.869. The fraction of sp³-hybridized carbons (Fsp3) is 0.250. The molecule has 0 radical (unpaired) electrons. The zero-order valence-electron chi connectivity index (χ0n) is 12.4. The van der Waals surface area contributed by atoms with Crippen molar-refractivity contribution < 1.29 is 14.3 Å². The van der Waals surface area contributed by atoms with Crippen LogP contribution in [0.2, 0.25) is 0 Å². The van der Waals surface area contributed by atoms with Crippen LogP contribution in [-0.4, -0.2) is 45.9 Å². The van der Waals surface area contributed by atoms with Gasteiger partial charge in [-0.3, -0.25) is 19.6 Å². The Morgan fingerprint density at radius 1 is 1.22 bits per heavy atom. The van der Waals surface area contributed by atoms with Gasteiger partial charge in [-0.15, -0.1) is 0 Å². The molecule has 1 fully saturated rings. The molecular formula is C16H16N4O3. The Kier molecular flexibility index (Phi) is 4.18. The van der Waals surface area contributed by atoms with Crippen molar-refractivity contribution in [3.8, 4) is 5.75 Å². The number of nitrogens with zero attached hydrogens (tertiary/aromatic N) is 3. The van der Waals surface area contributed by atoms with Gasteiger partial charge in [0.25, 0.3) is 11.8 Å². The van der Waals surface area contributed by atoms with Crippen molar-refractivity contribution in [2.45, 2.75) is 12.5 Å². The van der Waals surface area contributed by atoms with E-state index in [2.05, 4.69) is 9.97 Å². The maximum atomic E-state index is 12.6. The third kappa shape index (κ3) is 3.28. The second-order valence-corrected chi connectivity index (χ2v) is 5.23. The largest absolute Gasteiger partial charge is 0.488 e. The van der Waals surface area contributed by atoms with Crippen LogP contribution in [0.4, 0.5) is 0 Å². The first kappa shape index (κ1) is 15.0. The Labute approximate surface area is 133 Å². The number of aromatic nitrogens is 2. The van der Waals surface area contributed by atoms with Crippen LogP contribution in [0.25, 0.3) is 0 Å². The number of carbonyl (C=O) groups is 2. The van der Waals surface area contributed by atoms with E-state index >= 15 is 0 Å². The van der Waals surface area contributed by atoms with Gasteiger partial charge >= 0.3 is 0 Å². The second kappa shape index (κ2) is 6.43.